The number of nitrogens with zero attached hydrogens (tertiary/aromatic N) is 2. The Balaban J connectivity index is 2.10. The molecule has 0 aromatic heterocycles. The van der Waals surface area contributed by atoms with Crippen LogP contribution in [0.15, 0.2) is 72.8 Å². The smallest absolute Gasteiger partial charge is 0.244 e. The lowest BCUT2D eigenvalue weighted by atomic mass is 10.0. The number of ether oxygens (including phenoxy) is 1. The van der Waals surface area contributed by atoms with Crippen LogP contribution in [0.5, 0.6) is 5.75 Å². The second kappa shape index (κ2) is 14.6. The summed E-state index contributed by atoms with van der Waals surface area (Å²) >= 11 is 12.6. The minimum atomic E-state index is -3.93. The predicted molar refractivity (Wildman–Crippen MR) is 164 cm³/mol. The van der Waals surface area contributed by atoms with Crippen LogP contribution in [-0.4, -0.2) is 57.6 Å². The molecule has 1 N–H and O–H groups in total. The van der Waals surface area contributed by atoms with Crippen LogP contribution in [-0.2, 0) is 32.6 Å². The average Bonchev–Trinajstić information content (AvgIpc) is 2.93. The average molecular weight is 621 g/mol. The maximum Gasteiger partial charge on any atom is 0.244 e. The lowest BCUT2D eigenvalue weighted by Gasteiger charge is -2.34. The number of nitrogens with one attached hydrogen (secondary N) is 1. The fourth-order valence-electron chi connectivity index (χ4n) is 4.24. The minimum Gasteiger partial charge on any atom is -0.495 e. The van der Waals surface area contributed by atoms with E-state index in [-0.39, 0.29) is 36.2 Å². The highest BCUT2D eigenvalue weighted by Gasteiger charge is 2.34. The van der Waals surface area contributed by atoms with Crippen LogP contribution in [0.25, 0.3) is 0 Å². The third-order valence-electron chi connectivity index (χ3n) is 6.34. The van der Waals surface area contributed by atoms with Gasteiger partial charge in [-0.15, -0.1) is 0 Å². The van der Waals surface area contributed by atoms with Gasteiger partial charge in [0.25, 0.3) is 0 Å². The van der Waals surface area contributed by atoms with Gasteiger partial charge in [0, 0.05) is 29.6 Å². The van der Waals surface area contributed by atoms with Crippen LogP contribution >= 0.6 is 23.2 Å². The van der Waals surface area contributed by atoms with Gasteiger partial charge in [0.2, 0.25) is 21.8 Å². The van der Waals surface area contributed by atoms with Gasteiger partial charge >= 0.3 is 0 Å². The van der Waals surface area contributed by atoms with Crippen molar-refractivity contribution in [2.24, 2.45) is 5.92 Å². The van der Waals surface area contributed by atoms with Gasteiger partial charge in [0.05, 0.1) is 19.1 Å². The molecule has 0 saturated heterocycles. The van der Waals surface area contributed by atoms with Crippen molar-refractivity contribution in [3.05, 3.63) is 94.0 Å². The Kier molecular flexibility index (Phi) is 11.5. The second-order valence-corrected chi connectivity index (χ2v) is 12.8. The highest BCUT2D eigenvalue weighted by atomic mass is 35.5. The first-order chi connectivity index (χ1) is 19.4. The zero-order valence-corrected chi connectivity index (χ0v) is 25.8. The second-order valence-electron chi connectivity index (χ2n) is 10.0. The summed E-state index contributed by atoms with van der Waals surface area (Å²) in [5.41, 5.74) is 1.60. The number of carbonyl (C=O) groups excluding carboxylic acids is 2. The summed E-state index contributed by atoms with van der Waals surface area (Å²) in [6, 6.07) is 19.8. The molecule has 2 amide bonds. The molecule has 0 unspecified atom stereocenters. The number of anilines is 1. The van der Waals surface area contributed by atoms with E-state index < -0.39 is 28.5 Å². The van der Waals surface area contributed by atoms with E-state index in [1.165, 1.54) is 12.0 Å². The van der Waals surface area contributed by atoms with Crippen LogP contribution in [0.1, 0.15) is 25.0 Å². The molecule has 3 aromatic carbocycles. The fourth-order valence-corrected chi connectivity index (χ4v) is 5.56. The first-order valence-electron chi connectivity index (χ1n) is 13.1. The fraction of sp³-hybridized carbons (Fsp3) is 0.333. The number of hydrogen-bond acceptors (Lipinski definition) is 5. The molecule has 0 spiro atoms. The normalized spacial score (nSPS) is 12.1. The molecule has 0 fully saturated rings. The molecular formula is C30H35Cl2N3O5S. The third-order valence-corrected chi connectivity index (χ3v) is 8.06. The van der Waals surface area contributed by atoms with Gasteiger partial charge in [0.1, 0.15) is 18.3 Å². The van der Waals surface area contributed by atoms with E-state index >= 15 is 0 Å². The van der Waals surface area contributed by atoms with Crippen molar-refractivity contribution in [2.45, 2.75) is 32.9 Å². The Morgan fingerprint density at radius 2 is 1.63 bits per heavy atom. The molecule has 0 aliphatic carbocycles. The Bertz CT molecular complexity index is 1450. The lowest BCUT2D eigenvalue weighted by molar-refractivity contribution is -0.140. The van der Waals surface area contributed by atoms with Gasteiger partial charge in [-0.2, -0.15) is 0 Å². The standard InChI is InChI=1S/C30H35Cl2N3O5S/c1-21(2)18-33-30(37)27(16-22-10-6-5-7-11-22)34(19-23-14-15-24(31)17-25(23)32)29(36)20-35(41(4,38)39)26-12-8-9-13-28(26)40-3/h5-15,17,21,27H,16,18-20H2,1-4H3,(H,33,37)/t27-/m0/s1. The molecule has 0 saturated carbocycles. The predicted octanol–water partition coefficient (Wildman–Crippen LogP) is 5.18. The van der Waals surface area contributed by atoms with Crippen LogP contribution in [0.3, 0.4) is 0 Å². The van der Waals surface area contributed by atoms with Crippen molar-refractivity contribution in [2.75, 3.05) is 30.8 Å². The Labute approximate surface area is 252 Å². The van der Waals surface area contributed by atoms with Crippen molar-refractivity contribution < 1.29 is 22.7 Å². The van der Waals surface area contributed by atoms with Crippen molar-refractivity contribution in [3.63, 3.8) is 0 Å². The number of methoxy groups -OCH3 is 1. The molecule has 0 aliphatic heterocycles. The molecule has 1 atom stereocenters. The SMILES string of the molecule is COc1ccccc1N(CC(=O)N(Cc1ccc(Cl)cc1Cl)[C@@H](Cc1ccccc1)C(=O)NCC(C)C)S(C)(=O)=O. The molecule has 3 aromatic rings. The van der Waals surface area contributed by atoms with Gasteiger partial charge in [-0.3, -0.25) is 13.9 Å². The number of sulfonamides is 1. The molecule has 0 heterocycles. The first-order valence-corrected chi connectivity index (χ1v) is 15.7. The van der Waals surface area contributed by atoms with Crippen molar-refractivity contribution >= 4 is 50.7 Å². The van der Waals surface area contributed by atoms with Gasteiger partial charge in [-0.1, -0.05) is 85.6 Å². The highest BCUT2D eigenvalue weighted by Crippen LogP contribution is 2.30. The zero-order valence-electron chi connectivity index (χ0n) is 23.5. The maximum absolute atomic E-state index is 14.2. The minimum absolute atomic E-state index is 0.0506. The summed E-state index contributed by atoms with van der Waals surface area (Å²) in [5, 5.41) is 3.69. The summed E-state index contributed by atoms with van der Waals surface area (Å²) in [6.07, 6.45) is 1.22. The molecular weight excluding hydrogens is 585 g/mol. The number of amides is 2. The van der Waals surface area contributed by atoms with E-state index in [1.54, 1.807) is 42.5 Å². The van der Waals surface area contributed by atoms with E-state index in [0.717, 1.165) is 16.1 Å². The lowest BCUT2D eigenvalue weighted by Crippen LogP contribution is -2.53. The summed E-state index contributed by atoms with van der Waals surface area (Å²) in [7, 11) is -2.51. The zero-order chi connectivity index (χ0) is 30.2. The van der Waals surface area contributed by atoms with Crippen molar-refractivity contribution in [1.82, 2.24) is 10.2 Å². The Morgan fingerprint density at radius 3 is 2.24 bits per heavy atom. The summed E-state index contributed by atoms with van der Waals surface area (Å²) in [4.78, 5) is 29.2. The third kappa shape index (κ3) is 9.11. The van der Waals surface area contributed by atoms with Gasteiger partial charge in [-0.25, -0.2) is 8.42 Å². The molecule has 0 radical (unpaired) electrons. The summed E-state index contributed by atoms with van der Waals surface area (Å²) in [5.74, 6) is -0.483. The number of rotatable bonds is 13. The molecule has 11 heteroatoms. The van der Waals surface area contributed by atoms with Crippen molar-refractivity contribution in [3.8, 4) is 5.75 Å². The molecule has 41 heavy (non-hydrogen) atoms. The highest BCUT2D eigenvalue weighted by molar-refractivity contribution is 7.92. The number of benzene rings is 3. The van der Waals surface area contributed by atoms with E-state index in [0.29, 0.717) is 22.2 Å². The molecule has 220 valence electrons. The molecule has 0 bridgehead atoms. The number of halogens is 2. The van der Waals surface area contributed by atoms with Crippen LogP contribution in [0.2, 0.25) is 10.0 Å². The van der Waals surface area contributed by atoms with Gasteiger partial charge < -0.3 is 15.0 Å². The summed E-state index contributed by atoms with van der Waals surface area (Å²) < 4.78 is 32.3. The Hall–Kier alpha value is -3.27. The quantitative estimate of drug-likeness (QED) is 0.284. The Morgan fingerprint density at radius 1 is 0.976 bits per heavy atom. The molecule has 3 rings (SSSR count). The van der Waals surface area contributed by atoms with Gasteiger partial charge in [0.15, 0.2) is 0 Å². The topological polar surface area (TPSA) is 96.0 Å². The summed E-state index contributed by atoms with van der Waals surface area (Å²) in [6.45, 7) is 3.74. The number of para-hydroxylation sites is 2. The molecule has 8 nitrogen and oxygen atoms in total. The van der Waals surface area contributed by atoms with E-state index in [9.17, 15) is 18.0 Å². The van der Waals surface area contributed by atoms with Crippen LogP contribution in [0, 0.1) is 5.92 Å². The van der Waals surface area contributed by atoms with E-state index in [2.05, 4.69) is 5.32 Å². The maximum atomic E-state index is 14.2. The first kappa shape index (κ1) is 32.2. The van der Waals surface area contributed by atoms with E-state index in [4.69, 9.17) is 27.9 Å². The van der Waals surface area contributed by atoms with Crippen LogP contribution < -0.4 is 14.4 Å². The number of carbonyl (C=O) groups is 2. The van der Waals surface area contributed by atoms with Gasteiger partial charge in [-0.05, 0) is 41.3 Å². The van der Waals surface area contributed by atoms with Crippen LogP contribution in [0.4, 0.5) is 5.69 Å². The largest absolute Gasteiger partial charge is 0.495 e. The van der Waals surface area contributed by atoms with E-state index in [1.807, 2.05) is 44.2 Å². The number of hydrogen-bond donors (Lipinski definition) is 1. The monoisotopic (exact) mass is 619 g/mol. The van der Waals surface area contributed by atoms with Crippen molar-refractivity contribution in [1.29, 1.82) is 0 Å². The molecule has 0 aliphatic rings.